The van der Waals surface area contributed by atoms with Crippen molar-refractivity contribution in [2.75, 3.05) is 27.2 Å². The van der Waals surface area contributed by atoms with Gasteiger partial charge in [-0.3, -0.25) is 14.0 Å². The molecule has 0 saturated carbocycles. The summed E-state index contributed by atoms with van der Waals surface area (Å²) in [5.41, 5.74) is 3.50. The van der Waals surface area contributed by atoms with Crippen LogP contribution in [0.3, 0.4) is 0 Å². The molecule has 0 aliphatic carbocycles. The van der Waals surface area contributed by atoms with Gasteiger partial charge in [0.25, 0.3) is 11.7 Å². The molecule has 1 fully saturated rings. The topological polar surface area (TPSA) is 78.1 Å². The van der Waals surface area contributed by atoms with Crippen molar-refractivity contribution in [3.8, 4) is 0 Å². The van der Waals surface area contributed by atoms with Gasteiger partial charge in [0.2, 0.25) is 0 Å². The van der Waals surface area contributed by atoms with Gasteiger partial charge < -0.3 is 14.9 Å². The van der Waals surface area contributed by atoms with Crippen LogP contribution in [0.15, 0.2) is 52.6 Å². The number of hydrogen-bond acceptors (Lipinski definition) is 5. The number of hydrogen-bond donors (Lipinski definition) is 1. The molecule has 8 heteroatoms. The standard InChI is InChI=1S/C24H25BrN4O3/c1-14-7-6-10-28-19(15(2)26-23(14)28)21(30)18-20(16-8-5-9-17(25)13-16)29(12-11-27(3)4)24(32)22(18)31/h5-10,13,20,30H,11-12H2,1-4H3/b21-18+. The van der Waals surface area contributed by atoms with Crippen molar-refractivity contribution < 1.29 is 14.7 Å². The minimum atomic E-state index is -0.692. The van der Waals surface area contributed by atoms with Crippen LogP contribution in [0, 0.1) is 13.8 Å². The van der Waals surface area contributed by atoms with Crippen molar-refractivity contribution >= 4 is 39.0 Å². The van der Waals surface area contributed by atoms with Crippen LogP contribution < -0.4 is 0 Å². The molecule has 1 aromatic carbocycles. The lowest BCUT2D eigenvalue weighted by atomic mass is 9.96. The number of aromatic nitrogens is 2. The molecule has 0 spiro atoms. The first-order valence-electron chi connectivity index (χ1n) is 10.3. The number of aryl methyl sites for hydroxylation is 2. The summed E-state index contributed by atoms with van der Waals surface area (Å²) in [7, 11) is 3.82. The molecule has 1 atom stereocenters. The average molecular weight is 497 g/mol. The van der Waals surface area contributed by atoms with E-state index in [4.69, 9.17) is 0 Å². The van der Waals surface area contributed by atoms with Gasteiger partial charge in [0.15, 0.2) is 5.76 Å². The Kier molecular flexibility index (Phi) is 5.92. The number of rotatable bonds is 5. The third kappa shape index (κ3) is 3.73. The van der Waals surface area contributed by atoms with Crippen LogP contribution in [0.5, 0.6) is 0 Å². The van der Waals surface area contributed by atoms with Crippen molar-refractivity contribution in [1.29, 1.82) is 0 Å². The summed E-state index contributed by atoms with van der Waals surface area (Å²) < 4.78 is 2.60. The molecule has 0 bridgehead atoms. The van der Waals surface area contributed by atoms with Gasteiger partial charge in [-0.15, -0.1) is 0 Å². The van der Waals surface area contributed by atoms with Crippen molar-refractivity contribution in [3.63, 3.8) is 0 Å². The number of amides is 1. The second kappa shape index (κ2) is 8.52. The molecule has 1 unspecified atom stereocenters. The predicted octanol–water partition coefficient (Wildman–Crippen LogP) is 3.70. The zero-order chi connectivity index (χ0) is 23.2. The first-order chi connectivity index (χ1) is 15.2. The summed E-state index contributed by atoms with van der Waals surface area (Å²) in [4.78, 5) is 34.3. The van der Waals surface area contributed by atoms with Gasteiger partial charge in [-0.2, -0.15) is 0 Å². The number of pyridine rings is 1. The summed E-state index contributed by atoms with van der Waals surface area (Å²) in [5.74, 6) is -1.51. The van der Waals surface area contributed by atoms with E-state index in [9.17, 15) is 14.7 Å². The lowest BCUT2D eigenvalue weighted by Crippen LogP contribution is -2.35. The molecule has 32 heavy (non-hydrogen) atoms. The Morgan fingerprint density at radius 3 is 2.62 bits per heavy atom. The average Bonchev–Trinajstić information content (AvgIpc) is 3.21. The maximum atomic E-state index is 13.2. The molecule has 7 nitrogen and oxygen atoms in total. The second-order valence-corrected chi connectivity index (χ2v) is 9.20. The fourth-order valence-electron chi connectivity index (χ4n) is 4.17. The van der Waals surface area contributed by atoms with E-state index in [2.05, 4.69) is 20.9 Å². The van der Waals surface area contributed by atoms with Crippen LogP contribution in [-0.2, 0) is 9.59 Å². The van der Waals surface area contributed by atoms with Gasteiger partial charge in [-0.05, 0) is 57.3 Å². The smallest absolute Gasteiger partial charge is 0.295 e. The van der Waals surface area contributed by atoms with E-state index in [1.165, 1.54) is 0 Å². The number of fused-ring (bicyclic) bond motifs is 1. The summed E-state index contributed by atoms with van der Waals surface area (Å²) in [6.07, 6.45) is 1.80. The van der Waals surface area contributed by atoms with Gasteiger partial charge in [0, 0.05) is 23.8 Å². The molecule has 4 rings (SSSR count). The van der Waals surface area contributed by atoms with Crippen molar-refractivity contribution in [2.45, 2.75) is 19.9 Å². The van der Waals surface area contributed by atoms with Crippen LogP contribution in [0.4, 0.5) is 0 Å². The lowest BCUT2D eigenvalue weighted by Gasteiger charge is -2.26. The molecule has 2 aromatic heterocycles. The number of halogens is 1. The van der Waals surface area contributed by atoms with Crippen LogP contribution in [0.1, 0.15) is 28.6 Å². The molecule has 0 radical (unpaired) electrons. The number of nitrogens with zero attached hydrogens (tertiary/aromatic N) is 4. The van der Waals surface area contributed by atoms with Crippen LogP contribution in [-0.4, -0.2) is 63.2 Å². The van der Waals surface area contributed by atoms with Crippen molar-refractivity contribution in [3.05, 3.63) is 75.2 Å². The number of likely N-dealkylation sites (tertiary alicyclic amines) is 1. The Bertz CT molecular complexity index is 1260. The fraction of sp³-hybridized carbons (Fsp3) is 0.292. The van der Waals surface area contributed by atoms with Crippen LogP contribution >= 0.6 is 15.9 Å². The van der Waals surface area contributed by atoms with E-state index in [0.29, 0.717) is 30.1 Å². The first-order valence-corrected chi connectivity index (χ1v) is 11.1. The highest BCUT2D eigenvalue weighted by atomic mass is 79.9. The Morgan fingerprint density at radius 2 is 1.94 bits per heavy atom. The number of aliphatic hydroxyl groups is 1. The number of benzene rings is 1. The zero-order valence-electron chi connectivity index (χ0n) is 18.5. The fourth-order valence-corrected chi connectivity index (χ4v) is 4.59. The number of Topliss-reactive ketones (excluding diaryl/α,β-unsaturated/α-hetero) is 1. The van der Waals surface area contributed by atoms with Crippen molar-refractivity contribution in [2.24, 2.45) is 0 Å². The van der Waals surface area contributed by atoms with E-state index < -0.39 is 17.7 Å². The zero-order valence-corrected chi connectivity index (χ0v) is 20.0. The van der Waals surface area contributed by atoms with Crippen LogP contribution in [0.2, 0.25) is 0 Å². The summed E-state index contributed by atoms with van der Waals surface area (Å²) >= 11 is 3.48. The quantitative estimate of drug-likeness (QED) is 0.331. The van der Waals surface area contributed by atoms with Gasteiger partial charge in [-0.25, -0.2) is 4.98 Å². The molecule has 166 valence electrons. The highest BCUT2D eigenvalue weighted by molar-refractivity contribution is 9.10. The summed E-state index contributed by atoms with van der Waals surface area (Å²) in [5, 5.41) is 11.5. The largest absolute Gasteiger partial charge is 0.505 e. The van der Waals surface area contributed by atoms with Crippen molar-refractivity contribution in [1.82, 2.24) is 19.2 Å². The van der Waals surface area contributed by atoms with E-state index in [0.717, 1.165) is 15.6 Å². The SMILES string of the molecule is Cc1nc2c(C)cccn2c1/C(O)=C1\C(=O)C(=O)N(CCN(C)C)C1c1cccc(Br)c1. The van der Waals surface area contributed by atoms with Crippen LogP contribution in [0.25, 0.3) is 11.4 Å². The Hall–Kier alpha value is -2.97. The third-order valence-corrected chi connectivity index (χ3v) is 6.23. The van der Waals surface area contributed by atoms with Gasteiger partial charge in [0.05, 0.1) is 17.3 Å². The van der Waals surface area contributed by atoms with Gasteiger partial charge in [-0.1, -0.05) is 34.1 Å². The minimum absolute atomic E-state index is 0.0817. The number of likely N-dealkylation sites (N-methyl/N-ethyl adjacent to an activating group) is 1. The maximum Gasteiger partial charge on any atom is 0.295 e. The van der Waals surface area contributed by atoms with E-state index in [1.807, 2.05) is 62.3 Å². The maximum absolute atomic E-state index is 13.2. The lowest BCUT2D eigenvalue weighted by molar-refractivity contribution is -0.140. The molecule has 1 saturated heterocycles. The number of imidazole rings is 1. The number of ketones is 1. The molecule has 1 aliphatic rings. The van der Waals surface area contributed by atoms with Gasteiger partial charge in [0.1, 0.15) is 11.3 Å². The summed E-state index contributed by atoms with van der Waals surface area (Å²) in [6.45, 7) is 4.67. The predicted molar refractivity (Wildman–Crippen MR) is 126 cm³/mol. The Balaban J connectivity index is 1.95. The number of carbonyl (C=O) groups excluding carboxylic acids is 2. The minimum Gasteiger partial charge on any atom is -0.505 e. The molecule has 1 amide bonds. The molecule has 3 heterocycles. The Labute approximate surface area is 195 Å². The molecular formula is C24H25BrN4O3. The normalized spacial score (nSPS) is 18.3. The Morgan fingerprint density at radius 1 is 1.19 bits per heavy atom. The summed E-state index contributed by atoms with van der Waals surface area (Å²) in [6, 6.07) is 10.6. The molecule has 3 aromatic rings. The van der Waals surface area contributed by atoms with E-state index in [1.54, 1.807) is 22.4 Å². The molecule has 1 N–H and O–H groups in total. The van der Waals surface area contributed by atoms with E-state index >= 15 is 0 Å². The highest BCUT2D eigenvalue weighted by Crippen LogP contribution is 2.40. The third-order valence-electron chi connectivity index (χ3n) is 5.74. The monoisotopic (exact) mass is 496 g/mol. The second-order valence-electron chi connectivity index (χ2n) is 8.28. The molecular weight excluding hydrogens is 472 g/mol. The number of carbonyl (C=O) groups is 2. The molecule has 1 aliphatic heterocycles. The number of aliphatic hydroxyl groups excluding tert-OH is 1. The van der Waals surface area contributed by atoms with Gasteiger partial charge >= 0.3 is 0 Å². The van der Waals surface area contributed by atoms with E-state index in [-0.39, 0.29) is 11.3 Å². The first kappa shape index (κ1) is 22.2. The highest BCUT2D eigenvalue weighted by Gasteiger charge is 2.46.